The molecule has 4 rings (SSSR count). The lowest BCUT2D eigenvalue weighted by molar-refractivity contribution is -0.147. The van der Waals surface area contributed by atoms with Crippen molar-refractivity contribution < 1.29 is 18.7 Å². The zero-order valence-corrected chi connectivity index (χ0v) is 16.8. The van der Waals surface area contributed by atoms with Gasteiger partial charge in [-0.1, -0.05) is 18.2 Å². The van der Waals surface area contributed by atoms with E-state index < -0.39 is 24.0 Å². The number of nitrogens with one attached hydrogen (secondary N) is 1. The van der Waals surface area contributed by atoms with Crippen molar-refractivity contribution in [3.63, 3.8) is 0 Å². The van der Waals surface area contributed by atoms with Crippen LogP contribution in [0, 0.1) is 0 Å². The number of hydrogen-bond donors (Lipinski definition) is 1. The summed E-state index contributed by atoms with van der Waals surface area (Å²) in [6, 6.07) is 14.5. The molecule has 0 aliphatic heterocycles. The van der Waals surface area contributed by atoms with E-state index in [1.807, 2.05) is 30.5 Å². The third kappa shape index (κ3) is 4.06. The van der Waals surface area contributed by atoms with Crippen LogP contribution in [0.4, 0.5) is 5.69 Å². The smallest absolute Gasteiger partial charge is 0.326 e. The summed E-state index contributed by atoms with van der Waals surface area (Å²) >= 11 is 1.55. The average molecular weight is 423 g/mol. The predicted octanol–water partition coefficient (Wildman–Crippen LogP) is 3.05. The summed E-state index contributed by atoms with van der Waals surface area (Å²) in [6.07, 6.45) is 3.20. The molecule has 9 heteroatoms. The average Bonchev–Trinajstić information content (AvgIpc) is 3.14. The van der Waals surface area contributed by atoms with Crippen molar-refractivity contribution in [3.05, 3.63) is 65.2 Å². The summed E-state index contributed by atoms with van der Waals surface area (Å²) in [5, 5.41) is 3.38. The molecule has 2 heterocycles. The van der Waals surface area contributed by atoms with Gasteiger partial charge in [0, 0.05) is 16.0 Å². The van der Waals surface area contributed by atoms with Gasteiger partial charge >= 0.3 is 5.97 Å². The number of anilines is 1. The minimum absolute atomic E-state index is 0.0675. The Labute approximate surface area is 174 Å². The maximum atomic E-state index is 12.6. The molecule has 1 N–H and O–H groups in total. The fraction of sp³-hybridized carbons (Fsp3) is 0.143. The SMILES string of the molecule is CSc1cccc(NC(=O)COC(=O)Cn2cnc3c(oc4ccccc43)c2=O)c1. The molecule has 0 saturated carbocycles. The van der Waals surface area contributed by atoms with Crippen LogP contribution in [-0.2, 0) is 20.9 Å². The Morgan fingerprint density at radius 2 is 2.03 bits per heavy atom. The largest absolute Gasteiger partial charge is 0.454 e. The molecule has 8 nitrogen and oxygen atoms in total. The first-order valence-corrected chi connectivity index (χ1v) is 10.2. The van der Waals surface area contributed by atoms with Gasteiger partial charge in [0.2, 0.25) is 5.58 Å². The molecule has 2 aromatic carbocycles. The molecule has 30 heavy (non-hydrogen) atoms. The number of carbonyl (C=O) groups excluding carboxylic acids is 2. The molecule has 0 fully saturated rings. The fourth-order valence-electron chi connectivity index (χ4n) is 2.96. The lowest BCUT2D eigenvalue weighted by Gasteiger charge is -2.08. The van der Waals surface area contributed by atoms with Gasteiger partial charge in [-0.25, -0.2) is 4.98 Å². The van der Waals surface area contributed by atoms with Gasteiger partial charge < -0.3 is 14.5 Å². The number of nitrogens with zero attached hydrogens (tertiary/aromatic N) is 2. The maximum absolute atomic E-state index is 12.6. The first-order chi connectivity index (χ1) is 14.5. The van der Waals surface area contributed by atoms with Gasteiger partial charge in [-0.3, -0.25) is 19.0 Å². The van der Waals surface area contributed by atoms with Crippen LogP contribution in [0.5, 0.6) is 0 Å². The van der Waals surface area contributed by atoms with E-state index in [1.54, 1.807) is 36.0 Å². The lowest BCUT2D eigenvalue weighted by Crippen LogP contribution is -2.27. The lowest BCUT2D eigenvalue weighted by atomic mass is 10.2. The molecule has 0 aliphatic rings. The number of esters is 1. The van der Waals surface area contributed by atoms with E-state index in [-0.39, 0.29) is 12.1 Å². The van der Waals surface area contributed by atoms with Gasteiger partial charge in [0.25, 0.3) is 11.5 Å². The monoisotopic (exact) mass is 423 g/mol. The predicted molar refractivity (Wildman–Crippen MR) is 114 cm³/mol. The highest BCUT2D eigenvalue weighted by molar-refractivity contribution is 7.98. The maximum Gasteiger partial charge on any atom is 0.326 e. The summed E-state index contributed by atoms with van der Waals surface area (Å²) < 4.78 is 11.7. The minimum Gasteiger partial charge on any atom is -0.454 e. The molecule has 0 bridgehead atoms. The van der Waals surface area contributed by atoms with E-state index in [9.17, 15) is 14.4 Å². The zero-order valence-electron chi connectivity index (χ0n) is 16.0. The van der Waals surface area contributed by atoms with Crippen molar-refractivity contribution in [2.45, 2.75) is 11.4 Å². The number of rotatable bonds is 6. The fourth-order valence-corrected chi connectivity index (χ4v) is 3.42. The van der Waals surface area contributed by atoms with E-state index >= 15 is 0 Å². The van der Waals surface area contributed by atoms with E-state index in [4.69, 9.17) is 9.15 Å². The minimum atomic E-state index is -0.734. The second kappa shape index (κ2) is 8.42. The molecule has 4 aromatic rings. The highest BCUT2D eigenvalue weighted by atomic mass is 32.2. The van der Waals surface area contributed by atoms with Crippen LogP contribution in [-0.4, -0.2) is 34.3 Å². The Hall–Kier alpha value is -3.59. The number of hydrogen-bond acceptors (Lipinski definition) is 7. The molecular formula is C21H17N3O5S. The number of fused-ring (bicyclic) bond motifs is 3. The van der Waals surface area contributed by atoms with Crippen LogP contribution in [0.2, 0.25) is 0 Å². The molecule has 0 spiro atoms. The Balaban J connectivity index is 1.40. The van der Waals surface area contributed by atoms with Crippen LogP contribution in [0.1, 0.15) is 0 Å². The van der Waals surface area contributed by atoms with Gasteiger partial charge in [0.15, 0.2) is 6.61 Å². The normalized spacial score (nSPS) is 11.0. The Kier molecular flexibility index (Phi) is 5.53. The Morgan fingerprint density at radius 3 is 2.87 bits per heavy atom. The number of ether oxygens (including phenoxy) is 1. The van der Waals surface area contributed by atoms with Crippen LogP contribution in [0.15, 0.2) is 69.0 Å². The van der Waals surface area contributed by atoms with Crippen LogP contribution in [0.25, 0.3) is 22.1 Å². The third-order valence-corrected chi connectivity index (χ3v) is 5.09. The van der Waals surface area contributed by atoms with Gasteiger partial charge in [-0.05, 0) is 36.6 Å². The zero-order chi connectivity index (χ0) is 21.1. The molecule has 0 saturated heterocycles. The number of carbonyl (C=O) groups is 2. The Morgan fingerprint density at radius 1 is 1.20 bits per heavy atom. The number of para-hydroxylation sites is 1. The topological polar surface area (TPSA) is 103 Å². The molecule has 0 radical (unpaired) electrons. The quantitative estimate of drug-likeness (QED) is 0.375. The van der Waals surface area contributed by atoms with Crippen molar-refractivity contribution in [2.24, 2.45) is 0 Å². The van der Waals surface area contributed by atoms with Crippen LogP contribution >= 0.6 is 11.8 Å². The third-order valence-electron chi connectivity index (χ3n) is 4.37. The summed E-state index contributed by atoms with van der Waals surface area (Å²) in [6.45, 7) is -0.842. The molecule has 1 amide bonds. The standard InChI is InChI=1S/C21H17N3O5S/c1-30-14-6-4-5-13(9-14)23-17(25)11-28-18(26)10-24-12-22-19-15-7-2-3-8-16(15)29-20(19)21(24)27/h2-9,12H,10-11H2,1H3,(H,23,25). The van der Waals surface area contributed by atoms with E-state index in [2.05, 4.69) is 10.3 Å². The van der Waals surface area contributed by atoms with Crippen molar-refractivity contribution in [3.8, 4) is 0 Å². The number of furan rings is 1. The van der Waals surface area contributed by atoms with Crippen LogP contribution < -0.4 is 10.9 Å². The molecule has 0 aliphatic carbocycles. The van der Waals surface area contributed by atoms with Gasteiger partial charge in [0.1, 0.15) is 17.6 Å². The number of thioether (sulfide) groups is 1. The van der Waals surface area contributed by atoms with Crippen LogP contribution in [0.3, 0.4) is 0 Å². The molecule has 0 atom stereocenters. The van der Waals surface area contributed by atoms with Crippen molar-refractivity contribution in [2.75, 3.05) is 18.2 Å². The first-order valence-electron chi connectivity index (χ1n) is 9.01. The molecule has 2 aromatic heterocycles. The second-order valence-electron chi connectivity index (χ2n) is 6.39. The summed E-state index contributed by atoms with van der Waals surface area (Å²) in [4.78, 5) is 42.0. The van der Waals surface area contributed by atoms with Crippen molar-refractivity contribution in [1.29, 1.82) is 0 Å². The van der Waals surface area contributed by atoms with Gasteiger partial charge in [-0.15, -0.1) is 11.8 Å². The molecule has 152 valence electrons. The Bertz CT molecular complexity index is 1310. The van der Waals surface area contributed by atoms with Crippen molar-refractivity contribution in [1.82, 2.24) is 9.55 Å². The van der Waals surface area contributed by atoms with E-state index in [0.717, 1.165) is 14.8 Å². The summed E-state index contributed by atoms with van der Waals surface area (Å²) in [7, 11) is 0. The second-order valence-corrected chi connectivity index (χ2v) is 7.27. The van der Waals surface area contributed by atoms with Gasteiger partial charge in [0.05, 0.1) is 6.33 Å². The van der Waals surface area contributed by atoms with E-state index in [1.165, 1.54) is 6.33 Å². The van der Waals surface area contributed by atoms with Crippen molar-refractivity contribution >= 4 is 51.4 Å². The molecular weight excluding hydrogens is 406 g/mol. The number of amides is 1. The number of benzene rings is 2. The first kappa shape index (κ1) is 19.7. The molecule has 0 unspecified atom stereocenters. The summed E-state index contributed by atoms with van der Waals surface area (Å²) in [5.74, 6) is -1.21. The number of aromatic nitrogens is 2. The van der Waals surface area contributed by atoms with Gasteiger partial charge in [-0.2, -0.15) is 0 Å². The summed E-state index contributed by atoms with van der Waals surface area (Å²) in [5.41, 5.74) is 1.16. The highest BCUT2D eigenvalue weighted by Gasteiger charge is 2.15. The van der Waals surface area contributed by atoms with E-state index in [0.29, 0.717) is 16.8 Å². The highest BCUT2D eigenvalue weighted by Crippen LogP contribution is 2.24.